The van der Waals surface area contributed by atoms with Crippen molar-refractivity contribution < 1.29 is 13.6 Å². The van der Waals surface area contributed by atoms with Crippen molar-refractivity contribution in [2.75, 3.05) is 23.7 Å². The SMILES string of the molecule is O=C(Nc1ccc(F)cc1)N1C[C@@H]2C[C@H](C1)c1ccc(NCc3ccc(F)cc3)c(=O)n1C2. The lowest BCUT2D eigenvalue weighted by molar-refractivity contribution is 0.139. The van der Waals surface area contributed by atoms with Gasteiger partial charge in [-0.05, 0) is 66.4 Å². The van der Waals surface area contributed by atoms with Gasteiger partial charge in [0, 0.05) is 43.5 Å². The largest absolute Gasteiger partial charge is 0.377 e. The van der Waals surface area contributed by atoms with Crippen molar-refractivity contribution >= 4 is 17.4 Å². The third-order valence-corrected chi connectivity index (χ3v) is 6.38. The number of urea groups is 1. The van der Waals surface area contributed by atoms with Gasteiger partial charge in [-0.2, -0.15) is 0 Å². The molecule has 0 saturated carbocycles. The second kappa shape index (κ2) is 8.69. The molecule has 2 aromatic carbocycles. The Kier molecular flexibility index (Phi) is 5.58. The summed E-state index contributed by atoms with van der Waals surface area (Å²) in [6.45, 7) is 2.06. The standard InChI is InChI=1S/C25H24F2N4O2/c26-19-3-1-16(2-4-19)12-28-22-9-10-23-18-11-17(14-31(23)24(22)32)13-30(15-18)25(33)29-21-7-5-20(27)6-8-21/h1-10,17-18,28H,11-15H2,(H,29,33)/t17-,18+/m0/s1. The van der Waals surface area contributed by atoms with Gasteiger partial charge in [-0.25, -0.2) is 13.6 Å². The van der Waals surface area contributed by atoms with Gasteiger partial charge in [0.05, 0.1) is 0 Å². The highest BCUT2D eigenvalue weighted by Gasteiger charge is 2.36. The summed E-state index contributed by atoms with van der Waals surface area (Å²) in [5.74, 6) is -0.385. The molecule has 2 aliphatic rings. The van der Waals surface area contributed by atoms with E-state index in [0.717, 1.165) is 17.7 Å². The Morgan fingerprint density at radius 2 is 1.61 bits per heavy atom. The maximum absolute atomic E-state index is 13.1. The second-order valence-corrected chi connectivity index (χ2v) is 8.71. The topological polar surface area (TPSA) is 66.4 Å². The van der Waals surface area contributed by atoms with E-state index in [0.29, 0.717) is 37.6 Å². The number of benzene rings is 2. The van der Waals surface area contributed by atoms with E-state index in [1.54, 1.807) is 23.1 Å². The smallest absolute Gasteiger partial charge is 0.321 e. The first-order valence-corrected chi connectivity index (χ1v) is 11.0. The molecule has 2 bridgehead atoms. The molecule has 3 heterocycles. The highest BCUT2D eigenvalue weighted by molar-refractivity contribution is 5.89. The van der Waals surface area contributed by atoms with Crippen molar-refractivity contribution in [3.63, 3.8) is 0 Å². The lowest BCUT2D eigenvalue weighted by Gasteiger charge is -2.42. The van der Waals surface area contributed by atoms with Gasteiger partial charge in [0.2, 0.25) is 0 Å². The van der Waals surface area contributed by atoms with Gasteiger partial charge in [-0.15, -0.1) is 0 Å². The van der Waals surface area contributed by atoms with Crippen LogP contribution in [0, 0.1) is 17.6 Å². The molecule has 2 N–H and O–H groups in total. The van der Waals surface area contributed by atoms with Gasteiger partial charge >= 0.3 is 6.03 Å². The number of hydrogen-bond donors (Lipinski definition) is 2. The van der Waals surface area contributed by atoms with Gasteiger partial charge in [0.1, 0.15) is 17.3 Å². The van der Waals surface area contributed by atoms with Crippen LogP contribution in [0.15, 0.2) is 65.5 Å². The molecule has 2 aliphatic heterocycles. The molecular formula is C25H24F2N4O2. The summed E-state index contributed by atoms with van der Waals surface area (Å²) in [4.78, 5) is 27.7. The summed E-state index contributed by atoms with van der Waals surface area (Å²) in [6.07, 6.45) is 0.933. The Balaban J connectivity index is 1.29. The maximum Gasteiger partial charge on any atom is 0.321 e. The highest BCUT2D eigenvalue weighted by Crippen LogP contribution is 2.35. The van der Waals surface area contributed by atoms with E-state index in [9.17, 15) is 18.4 Å². The Bertz CT molecular complexity index is 1220. The fourth-order valence-electron chi connectivity index (χ4n) is 4.78. The predicted molar refractivity (Wildman–Crippen MR) is 122 cm³/mol. The number of carbonyl (C=O) groups is 1. The first-order valence-electron chi connectivity index (χ1n) is 11.0. The molecule has 6 nitrogen and oxygen atoms in total. The third-order valence-electron chi connectivity index (χ3n) is 6.38. The number of nitrogens with zero attached hydrogens (tertiary/aromatic N) is 2. The minimum Gasteiger partial charge on any atom is -0.377 e. The number of anilines is 2. The van der Waals surface area contributed by atoms with Crippen LogP contribution in [0.25, 0.3) is 0 Å². The number of fused-ring (bicyclic) bond motifs is 4. The highest BCUT2D eigenvalue weighted by atomic mass is 19.1. The summed E-state index contributed by atoms with van der Waals surface area (Å²) in [7, 11) is 0. The Labute approximate surface area is 189 Å². The zero-order valence-electron chi connectivity index (χ0n) is 17.9. The number of aromatic nitrogens is 1. The van der Waals surface area contributed by atoms with E-state index in [2.05, 4.69) is 10.6 Å². The van der Waals surface area contributed by atoms with Crippen LogP contribution < -0.4 is 16.2 Å². The van der Waals surface area contributed by atoms with Gasteiger partial charge in [0.15, 0.2) is 0 Å². The number of halogens is 2. The predicted octanol–water partition coefficient (Wildman–Crippen LogP) is 4.39. The number of amides is 2. The van der Waals surface area contributed by atoms with E-state index in [-0.39, 0.29) is 35.1 Å². The van der Waals surface area contributed by atoms with Gasteiger partial charge < -0.3 is 20.1 Å². The Morgan fingerprint density at radius 3 is 2.33 bits per heavy atom. The summed E-state index contributed by atoms with van der Waals surface area (Å²) >= 11 is 0. The maximum atomic E-state index is 13.1. The molecule has 33 heavy (non-hydrogen) atoms. The van der Waals surface area contributed by atoms with Crippen LogP contribution in [0.4, 0.5) is 25.0 Å². The van der Waals surface area contributed by atoms with Crippen LogP contribution in [-0.2, 0) is 13.1 Å². The van der Waals surface area contributed by atoms with E-state index >= 15 is 0 Å². The van der Waals surface area contributed by atoms with Gasteiger partial charge in [0.25, 0.3) is 5.56 Å². The van der Waals surface area contributed by atoms with Crippen LogP contribution in [-0.4, -0.2) is 28.6 Å². The molecule has 0 spiro atoms. The average Bonchev–Trinajstić information content (AvgIpc) is 2.81. The molecule has 3 aromatic rings. The van der Waals surface area contributed by atoms with Crippen molar-refractivity contribution in [1.82, 2.24) is 9.47 Å². The quantitative estimate of drug-likeness (QED) is 0.620. The lowest BCUT2D eigenvalue weighted by atomic mass is 9.83. The van der Waals surface area contributed by atoms with Crippen molar-refractivity contribution in [2.24, 2.45) is 5.92 Å². The fraction of sp³-hybridized carbons (Fsp3) is 0.280. The number of pyridine rings is 1. The molecule has 0 unspecified atom stereocenters. The number of carbonyl (C=O) groups excluding carboxylic acids is 1. The third kappa shape index (κ3) is 4.46. The molecule has 0 radical (unpaired) electrons. The summed E-state index contributed by atoms with van der Waals surface area (Å²) in [5, 5.41) is 5.99. The van der Waals surface area contributed by atoms with Crippen LogP contribution in [0.2, 0.25) is 0 Å². The normalized spacial score (nSPS) is 19.0. The van der Waals surface area contributed by atoms with E-state index in [4.69, 9.17) is 0 Å². The van der Waals surface area contributed by atoms with Gasteiger partial charge in [-0.3, -0.25) is 4.79 Å². The summed E-state index contributed by atoms with van der Waals surface area (Å²) in [5.41, 5.74) is 2.80. The second-order valence-electron chi connectivity index (χ2n) is 8.71. The number of rotatable bonds is 4. The van der Waals surface area contributed by atoms with Gasteiger partial charge in [-0.1, -0.05) is 12.1 Å². The first-order chi connectivity index (χ1) is 16.0. The molecule has 0 aliphatic carbocycles. The lowest BCUT2D eigenvalue weighted by Crippen LogP contribution is -2.50. The molecular weight excluding hydrogens is 426 g/mol. The molecule has 2 amide bonds. The number of piperidine rings is 1. The zero-order chi connectivity index (χ0) is 22.9. The van der Waals surface area contributed by atoms with Crippen LogP contribution >= 0.6 is 0 Å². The minimum atomic E-state index is -0.353. The van der Waals surface area contributed by atoms with Crippen LogP contribution in [0.1, 0.15) is 23.6 Å². The molecule has 1 saturated heterocycles. The summed E-state index contributed by atoms with van der Waals surface area (Å²) < 4.78 is 28.0. The minimum absolute atomic E-state index is 0.0754. The number of nitrogens with one attached hydrogen (secondary N) is 2. The zero-order valence-corrected chi connectivity index (χ0v) is 17.9. The molecule has 1 aromatic heterocycles. The fourth-order valence-corrected chi connectivity index (χ4v) is 4.78. The Hall–Kier alpha value is -3.68. The summed E-state index contributed by atoms with van der Waals surface area (Å²) in [6, 6.07) is 15.4. The molecule has 8 heteroatoms. The van der Waals surface area contributed by atoms with Crippen molar-refractivity contribution in [3.8, 4) is 0 Å². The van der Waals surface area contributed by atoms with E-state index in [1.807, 2.05) is 10.6 Å². The molecule has 2 atom stereocenters. The van der Waals surface area contributed by atoms with E-state index in [1.165, 1.54) is 36.4 Å². The van der Waals surface area contributed by atoms with Crippen molar-refractivity contribution in [3.05, 3.63) is 93.9 Å². The molecule has 5 rings (SSSR count). The van der Waals surface area contributed by atoms with Crippen molar-refractivity contribution in [2.45, 2.75) is 25.4 Å². The van der Waals surface area contributed by atoms with E-state index < -0.39 is 0 Å². The van der Waals surface area contributed by atoms with Crippen LogP contribution in [0.5, 0.6) is 0 Å². The number of hydrogen-bond acceptors (Lipinski definition) is 3. The number of likely N-dealkylation sites (tertiary alicyclic amines) is 1. The monoisotopic (exact) mass is 450 g/mol. The van der Waals surface area contributed by atoms with Crippen molar-refractivity contribution in [1.29, 1.82) is 0 Å². The van der Waals surface area contributed by atoms with Crippen LogP contribution in [0.3, 0.4) is 0 Å². The molecule has 170 valence electrons. The molecule has 1 fully saturated rings. The average molecular weight is 450 g/mol. The first kappa shape index (κ1) is 21.2. The Morgan fingerprint density at radius 1 is 0.909 bits per heavy atom.